The zero-order valence-electron chi connectivity index (χ0n) is 14.3. The molecule has 1 aliphatic rings. The van der Waals surface area contributed by atoms with E-state index < -0.39 is 10.0 Å². The first kappa shape index (κ1) is 19.8. The van der Waals surface area contributed by atoms with Crippen molar-refractivity contribution in [3.05, 3.63) is 38.9 Å². The van der Waals surface area contributed by atoms with Crippen molar-refractivity contribution in [3.63, 3.8) is 0 Å². The normalized spacial score (nSPS) is 16.3. The lowest BCUT2D eigenvalue weighted by Gasteiger charge is -2.34. The molecule has 1 fully saturated rings. The Bertz CT molecular complexity index is 843. The summed E-state index contributed by atoms with van der Waals surface area (Å²) in [6.07, 6.45) is 0. The van der Waals surface area contributed by atoms with Crippen LogP contribution in [0.3, 0.4) is 0 Å². The summed E-state index contributed by atoms with van der Waals surface area (Å²) in [5.41, 5.74) is 1.19. The third-order valence-corrected chi connectivity index (χ3v) is 8.50. The van der Waals surface area contributed by atoms with Gasteiger partial charge < -0.3 is 4.90 Å². The molecule has 26 heavy (non-hydrogen) atoms. The van der Waals surface area contributed by atoms with Crippen molar-refractivity contribution in [2.24, 2.45) is 0 Å². The standard InChI is InChI=1S/C16H20ClN3O3S3/c1-18(10-13-4-9-24-12-13)11-15(21)19-5-7-20(8-6-19)26(22,23)16-3-2-14(17)25-16/h2-4,9,12H,5-8,10-11H2,1H3. The molecule has 3 heterocycles. The fourth-order valence-corrected chi connectivity index (χ4v) is 6.54. The van der Waals surface area contributed by atoms with E-state index in [-0.39, 0.29) is 10.1 Å². The summed E-state index contributed by atoms with van der Waals surface area (Å²) in [6, 6.07) is 5.16. The molecule has 0 aliphatic carbocycles. The molecule has 0 bridgehead atoms. The van der Waals surface area contributed by atoms with E-state index in [1.54, 1.807) is 22.3 Å². The van der Waals surface area contributed by atoms with E-state index in [1.807, 2.05) is 23.4 Å². The van der Waals surface area contributed by atoms with Crippen LogP contribution < -0.4 is 0 Å². The van der Waals surface area contributed by atoms with Gasteiger partial charge in [-0.05, 0) is 41.6 Å². The van der Waals surface area contributed by atoms with Crippen molar-refractivity contribution < 1.29 is 13.2 Å². The predicted molar refractivity (Wildman–Crippen MR) is 105 cm³/mol. The Morgan fingerprint density at radius 1 is 1.23 bits per heavy atom. The number of carbonyl (C=O) groups is 1. The summed E-state index contributed by atoms with van der Waals surface area (Å²) in [5.74, 6) is 0.0268. The van der Waals surface area contributed by atoms with Crippen LogP contribution in [0.2, 0.25) is 4.34 Å². The van der Waals surface area contributed by atoms with Crippen molar-refractivity contribution in [1.29, 1.82) is 0 Å². The number of carbonyl (C=O) groups excluding carboxylic acids is 1. The number of rotatable bonds is 6. The van der Waals surface area contributed by atoms with Crippen LogP contribution in [-0.2, 0) is 21.4 Å². The number of nitrogens with zero attached hydrogens (tertiary/aromatic N) is 3. The van der Waals surface area contributed by atoms with Gasteiger partial charge in [0.2, 0.25) is 5.91 Å². The lowest BCUT2D eigenvalue weighted by molar-refractivity contribution is -0.133. The zero-order valence-corrected chi connectivity index (χ0v) is 17.5. The van der Waals surface area contributed by atoms with Crippen LogP contribution in [0.5, 0.6) is 0 Å². The highest BCUT2D eigenvalue weighted by Crippen LogP contribution is 2.28. The maximum absolute atomic E-state index is 12.6. The van der Waals surface area contributed by atoms with Gasteiger partial charge in [0.25, 0.3) is 10.0 Å². The second-order valence-electron chi connectivity index (χ2n) is 6.15. The van der Waals surface area contributed by atoms with Gasteiger partial charge in [0.1, 0.15) is 4.21 Å². The van der Waals surface area contributed by atoms with Gasteiger partial charge in [0.05, 0.1) is 10.9 Å². The number of hydrogen-bond acceptors (Lipinski definition) is 6. The average Bonchev–Trinajstić information content (AvgIpc) is 3.26. The highest BCUT2D eigenvalue weighted by atomic mass is 35.5. The molecule has 0 atom stereocenters. The smallest absolute Gasteiger partial charge is 0.252 e. The summed E-state index contributed by atoms with van der Waals surface area (Å²) < 4.78 is 27.3. The lowest BCUT2D eigenvalue weighted by atomic mass is 10.3. The molecule has 1 saturated heterocycles. The molecule has 0 N–H and O–H groups in total. The van der Waals surface area contributed by atoms with Gasteiger partial charge in [-0.15, -0.1) is 11.3 Å². The highest BCUT2D eigenvalue weighted by Gasteiger charge is 2.31. The van der Waals surface area contributed by atoms with E-state index >= 15 is 0 Å². The minimum Gasteiger partial charge on any atom is -0.339 e. The molecule has 0 radical (unpaired) electrons. The first-order chi connectivity index (χ1) is 12.4. The largest absolute Gasteiger partial charge is 0.339 e. The van der Waals surface area contributed by atoms with Crippen LogP contribution in [0.25, 0.3) is 0 Å². The van der Waals surface area contributed by atoms with Crippen LogP contribution in [0, 0.1) is 0 Å². The summed E-state index contributed by atoms with van der Waals surface area (Å²) in [6.45, 7) is 2.47. The lowest BCUT2D eigenvalue weighted by Crippen LogP contribution is -2.52. The number of amides is 1. The third kappa shape index (κ3) is 4.65. The number of sulfonamides is 1. The molecule has 10 heteroatoms. The number of piperazine rings is 1. The van der Waals surface area contributed by atoms with E-state index in [1.165, 1.54) is 15.9 Å². The molecule has 2 aromatic rings. The van der Waals surface area contributed by atoms with E-state index in [4.69, 9.17) is 11.6 Å². The minimum atomic E-state index is -3.53. The Morgan fingerprint density at radius 2 is 1.96 bits per heavy atom. The van der Waals surface area contributed by atoms with Gasteiger partial charge in [-0.3, -0.25) is 9.69 Å². The second-order valence-corrected chi connectivity index (χ2v) is 10.8. The predicted octanol–water partition coefficient (Wildman–Crippen LogP) is 2.43. The quantitative estimate of drug-likeness (QED) is 0.702. The molecule has 0 saturated carbocycles. The minimum absolute atomic E-state index is 0.0268. The molecule has 0 spiro atoms. The molecule has 2 aromatic heterocycles. The molecule has 1 aliphatic heterocycles. The zero-order chi connectivity index (χ0) is 18.7. The topological polar surface area (TPSA) is 60.9 Å². The van der Waals surface area contributed by atoms with Gasteiger partial charge in [-0.1, -0.05) is 11.6 Å². The molecule has 142 valence electrons. The Balaban J connectivity index is 1.52. The van der Waals surface area contributed by atoms with E-state index in [2.05, 4.69) is 5.38 Å². The van der Waals surface area contributed by atoms with Gasteiger partial charge in [0.15, 0.2) is 0 Å². The number of thiophene rings is 2. The van der Waals surface area contributed by atoms with Crippen molar-refractivity contribution in [3.8, 4) is 0 Å². The Morgan fingerprint density at radius 3 is 2.54 bits per heavy atom. The average molecular weight is 434 g/mol. The van der Waals surface area contributed by atoms with Crippen LogP contribution >= 0.6 is 34.3 Å². The molecule has 3 rings (SSSR count). The van der Waals surface area contributed by atoms with Crippen molar-refractivity contribution >= 4 is 50.2 Å². The molecular formula is C16H20ClN3O3S3. The fourth-order valence-electron chi connectivity index (χ4n) is 2.82. The summed E-state index contributed by atoms with van der Waals surface area (Å²) in [4.78, 5) is 16.2. The molecule has 0 unspecified atom stereocenters. The molecular weight excluding hydrogens is 414 g/mol. The molecule has 0 aromatic carbocycles. The monoisotopic (exact) mass is 433 g/mol. The third-order valence-electron chi connectivity index (χ3n) is 4.17. The van der Waals surface area contributed by atoms with Crippen LogP contribution in [0.1, 0.15) is 5.56 Å². The van der Waals surface area contributed by atoms with Crippen LogP contribution in [-0.4, -0.2) is 68.2 Å². The highest BCUT2D eigenvalue weighted by molar-refractivity contribution is 7.91. The van der Waals surface area contributed by atoms with Gasteiger partial charge >= 0.3 is 0 Å². The maximum atomic E-state index is 12.6. The number of hydrogen-bond donors (Lipinski definition) is 0. The summed E-state index contributed by atoms with van der Waals surface area (Å²) in [5, 5.41) is 4.09. The second kappa shape index (κ2) is 8.37. The first-order valence-electron chi connectivity index (χ1n) is 8.09. The summed E-state index contributed by atoms with van der Waals surface area (Å²) >= 11 is 8.54. The van der Waals surface area contributed by atoms with Crippen molar-refractivity contribution in [2.75, 3.05) is 39.8 Å². The van der Waals surface area contributed by atoms with Crippen molar-refractivity contribution in [1.82, 2.24) is 14.1 Å². The van der Waals surface area contributed by atoms with E-state index in [0.29, 0.717) is 37.1 Å². The van der Waals surface area contributed by atoms with Crippen LogP contribution in [0.15, 0.2) is 33.2 Å². The summed E-state index contributed by atoms with van der Waals surface area (Å²) in [7, 11) is -1.61. The molecule has 1 amide bonds. The van der Waals surface area contributed by atoms with Gasteiger partial charge in [-0.25, -0.2) is 8.42 Å². The Kier molecular flexibility index (Phi) is 6.37. The fraction of sp³-hybridized carbons (Fsp3) is 0.438. The SMILES string of the molecule is CN(CC(=O)N1CCN(S(=O)(=O)c2ccc(Cl)s2)CC1)Cc1ccsc1. The number of halogens is 1. The van der Waals surface area contributed by atoms with Crippen LogP contribution in [0.4, 0.5) is 0 Å². The van der Waals surface area contributed by atoms with E-state index in [0.717, 1.165) is 17.9 Å². The Hall–Kier alpha value is -0.970. The maximum Gasteiger partial charge on any atom is 0.252 e. The van der Waals surface area contributed by atoms with Gasteiger partial charge in [-0.2, -0.15) is 15.6 Å². The van der Waals surface area contributed by atoms with Crippen molar-refractivity contribution in [2.45, 2.75) is 10.8 Å². The molecule has 6 nitrogen and oxygen atoms in total. The van der Waals surface area contributed by atoms with Gasteiger partial charge in [0, 0.05) is 32.7 Å². The number of likely N-dealkylation sites (N-methyl/N-ethyl adjacent to an activating group) is 1. The first-order valence-corrected chi connectivity index (χ1v) is 11.7. The van der Waals surface area contributed by atoms with E-state index in [9.17, 15) is 13.2 Å². The Labute approximate surface area is 166 Å².